The van der Waals surface area contributed by atoms with Crippen molar-refractivity contribution in [3.05, 3.63) is 12.3 Å². The summed E-state index contributed by atoms with van der Waals surface area (Å²) < 4.78 is 10.8. The van der Waals surface area contributed by atoms with Gasteiger partial charge in [0, 0.05) is 0 Å². The first kappa shape index (κ1) is 20.4. The molecule has 1 saturated heterocycles. The summed E-state index contributed by atoms with van der Waals surface area (Å²) in [4.78, 5) is 0. The smallest absolute Gasteiger partial charge is 0.154 e. The number of hydrogen-bond donors (Lipinski definition) is 3. The molecule has 0 unspecified atom stereocenters. The van der Waals surface area contributed by atoms with E-state index < -0.39 is 31.0 Å². The molecule has 4 atom stereocenters. The summed E-state index contributed by atoms with van der Waals surface area (Å²) >= 11 is 0. The van der Waals surface area contributed by atoms with Gasteiger partial charge in [0.2, 0.25) is 0 Å². The fourth-order valence-electron chi connectivity index (χ4n) is 2.83. The van der Waals surface area contributed by atoms with Crippen molar-refractivity contribution in [1.82, 2.24) is 0 Å². The molecule has 0 radical (unpaired) electrons. The van der Waals surface area contributed by atoms with E-state index in [-0.39, 0.29) is 6.61 Å². The summed E-state index contributed by atoms with van der Waals surface area (Å²) in [6, 6.07) is 0. The van der Waals surface area contributed by atoms with Crippen molar-refractivity contribution < 1.29 is 24.8 Å². The maximum absolute atomic E-state index is 9.79. The molecular weight excluding hydrogens is 296 g/mol. The average Bonchev–Trinajstić information content (AvgIpc) is 2.93. The van der Waals surface area contributed by atoms with E-state index in [1.165, 1.54) is 44.9 Å². The highest BCUT2D eigenvalue weighted by atomic mass is 16.6. The second-order valence-electron chi connectivity index (χ2n) is 6.35. The molecule has 0 aromatic rings. The van der Waals surface area contributed by atoms with Crippen LogP contribution in [0.3, 0.4) is 0 Å². The number of ether oxygens (including phenoxy) is 2. The van der Waals surface area contributed by atoms with Gasteiger partial charge in [-0.2, -0.15) is 0 Å². The molecule has 5 heteroatoms. The minimum atomic E-state index is -1.03. The van der Waals surface area contributed by atoms with E-state index >= 15 is 0 Å². The van der Waals surface area contributed by atoms with Crippen LogP contribution in [-0.4, -0.2) is 52.9 Å². The third-order valence-electron chi connectivity index (χ3n) is 4.29. The van der Waals surface area contributed by atoms with E-state index in [0.717, 1.165) is 12.8 Å². The number of allylic oxidation sites excluding steroid dienone is 1. The van der Waals surface area contributed by atoms with Crippen LogP contribution < -0.4 is 0 Å². The Morgan fingerprint density at radius 2 is 1.78 bits per heavy atom. The van der Waals surface area contributed by atoms with Gasteiger partial charge in [0.15, 0.2) is 6.10 Å². The Hall–Kier alpha value is -0.620. The van der Waals surface area contributed by atoms with Gasteiger partial charge in [0.25, 0.3) is 0 Å². The monoisotopic (exact) mass is 330 g/mol. The first-order valence-electron chi connectivity index (χ1n) is 9.09. The van der Waals surface area contributed by atoms with Crippen molar-refractivity contribution in [2.75, 3.05) is 13.2 Å². The van der Waals surface area contributed by atoms with Gasteiger partial charge in [-0.25, -0.2) is 0 Å². The molecule has 0 aromatic heterocycles. The van der Waals surface area contributed by atoms with Crippen LogP contribution in [0.15, 0.2) is 12.3 Å². The average molecular weight is 330 g/mol. The predicted octanol–water partition coefficient (Wildman–Crippen LogP) is 2.53. The SMILES string of the molecule is CCCCCCCCCC/C=C/O[C@@H]1[C@H]([C@@H](O)CO)OC[C@H]1O. The van der Waals surface area contributed by atoms with E-state index in [1.807, 2.05) is 6.08 Å². The van der Waals surface area contributed by atoms with Crippen molar-refractivity contribution in [2.45, 2.75) is 89.1 Å². The Balaban J connectivity index is 2.06. The van der Waals surface area contributed by atoms with Crippen LogP contribution in [0.4, 0.5) is 0 Å². The predicted molar refractivity (Wildman–Crippen MR) is 90.1 cm³/mol. The summed E-state index contributed by atoms with van der Waals surface area (Å²) in [5.41, 5.74) is 0. The second-order valence-corrected chi connectivity index (χ2v) is 6.35. The molecule has 23 heavy (non-hydrogen) atoms. The van der Waals surface area contributed by atoms with Crippen LogP contribution >= 0.6 is 0 Å². The Kier molecular flexibility index (Phi) is 11.3. The fourth-order valence-corrected chi connectivity index (χ4v) is 2.83. The van der Waals surface area contributed by atoms with Gasteiger partial charge in [0.05, 0.1) is 19.5 Å². The van der Waals surface area contributed by atoms with E-state index in [1.54, 1.807) is 6.26 Å². The third kappa shape index (κ3) is 8.15. The van der Waals surface area contributed by atoms with E-state index in [0.29, 0.717) is 0 Å². The summed E-state index contributed by atoms with van der Waals surface area (Å²) in [6.45, 7) is 1.95. The van der Waals surface area contributed by atoms with E-state index in [9.17, 15) is 10.2 Å². The minimum absolute atomic E-state index is 0.123. The molecule has 136 valence electrons. The first-order chi connectivity index (χ1) is 11.2. The molecule has 0 saturated carbocycles. The fraction of sp³-hybridized carbons (Fsp3) is 0.889. The maximum atomic E-state index is 9.79. The van der Waals surface area contributed by atoms with Crippen LogP contribution in [0.2, 0.25) is 0 Å². The van der Waals surface area contributed by atoms with Gasteiger partial charge in [-0.1, -0.05) is 51.9 Å². The highest BCUT2D eigenvalue weighted by Gasteiger charge is 2.41. The molecule has 1 aliphatic heterocycles. The lowest BCUT2D eigenvalue weighted by Gasteiger charge is -2.22. The molecule has 0 bridgehead atoms. The molecule has 1 rings (SSSR count). The molecule has 5 nitrogen and oxygen atoms in total. The van der Waals surface area contributed by atoms with Crippen LogP contribution in [0.1, 0.15) is 64.7 Å². The lowest BCUT2D eigenvalue weighted by molar-refractivity contribution is -0.0721. The Morgan fingerprint density at radius 3 is 2.43 bits per heavy atom. The summed E-state index contributed by atoms with van der Waals surface area (Å²) in [5, 5.41) is 28.4. The molecule has 0 amide bonds. The maximum Gasteiger partial charge on any atom is 0.154 e. The molecule has 3 N–H and O–H groups in total. The topological polar surface area (TPSA) is 79.2 Å². The number of rotatable bonds is 13. The second kappa shape index (κ2) is 12.8. The number of aliphatic hydroxyl groups excluding tert-OH is 3. The van der Waals surface area contributed by atoms with Gasteiger partial charge >= 0.3 is 0 Å². The molecule has 1 aliphatic rings. The van der Waals surface area contributed by atoms with Gasteiger partial charge in [0.1, 0.15) is 18.3 Å². The van der Waals surface area contributed by atoms with Gasteiger partial charge < -0.3 is 24.8 Å². The van der Waals surface area contributed by atoms with Gasteiger partial charge in [-0.05, 0) is 18.9 Å². The zero-order chi connectivity index (χ0) is 16.9. The summed E-state index contributed by atoms with van der Waals surface area (Å²) in [5.74, 6) is 0. The standard InChI is InChI=1S/C18H34O5/c1-2-3-4-5-6-7-8-9-10-11-12-22-18-16(21)14-23-17(18)15(20)13-19/h11-12,15-21H,2-10,13-14H2,1H3/b12-11+/t15-,16+,17-,18-/m0/s1. The van der Waals surface area contributed by atoms with Crippen molar-refractivity contribution in [1.29, 1.82) is 0 Å². The highest BCUT2D eigenvalue weighted by Crippen LogP contribution is 2.21. The quantitative estimate of drug-likeness (QED) is 0.357. The van der Waals surface area contributed by atoms with Crippen molar-refractivity contribution in [2.24, 2.45) is 0 Å². The van der Waals surface area contributed by atoms with E-state index in [4.69, 9.17) is 14.6 Å². The minimum Gasteiger partial charge on any atom is -0.493 e. The van der Waals surface area contributed by atoms with Crippen molar-refractivity contribution in [3.63, 3.8) is 0 Å². The zero-order valence-electron chi connectivity index (χ0n) is 14.4. The van der Waals surface area contributed by atoms with Crippen LogP contribution in [-0.2, 0) is 9.47 Å². The Labute approximate surface area is 140 Å². The van der Waals surface area contributed by atoms with Crippen LogP contribution in [0.25, 0.3) is 0 Å². The molecule has 0 aliphatic carbocycles. The lowest BCUT2D eigenvalue weighted by Crippen LogP contribution is -2.41. The van der Waals surface area contributed by atoms with Crippen LogP contribution in [0, 0.1) is 0 Å². The van der Waals surface area contributed by atoms with Crippen molar-refractivity contribution in [3.8, 4) is 0 Å². The number of aliphatic hydroxyl groups is 3. The highest BCUT2D eigenvalue weighted by molar-refractivity contribution is 4.91. The van der Waals surface area contributed by atoms with Crippen molar-refractivity contribution >= 4 is 0 Å². The van der Waals surface area contributed by atoms with Gasteiger partial charge in [-0.15, -0.1) is 0 Å². The largest absolute Gasteiger partial charge is 0.493 e. The number of hydrogen-bond acceptors (Lipinski definition) is 5. The normalized spacial score (nSPS) is 26.0. The Morgan fingerprint density at radius 1 is 1.13 bits per heavy atom. The zero-order valence-corrected chi connectivity index (χ0v) is 14.4. The lowest BCUT2D eigenvalue weighted by atomic mass is 10.1. The number of unbranched alkanes of at least 4 members (excludes halogenated alkanes) is 8. The molecular formula is C18H34O5. The molecule has 0 spiro atoms. The van der Waals surface area contributed by atoms with E-state index in [2.05, 4.69) is 6.92 Å². The van der Waals surface area contributed by atoms with Crippen LogP contribution in [0.5, 0.6) is 0 Å². The molecule has 1 fully saturated rings. The molecule has 1 heterocycles. The summed E-state index contributed by atoms with van der Waals surface area (Å²) in [6.07, 6.45) is 11.7. The third-order valence-corrected chi connectivity index (χ3v) is 4.29. The van der Waals surface area contributed by atoms with Gasteiger partial charge in [-0.3, -0.25) is 0 Å². The first-order valence-corrected chi connectivity index (χ1v) is 9.09. The summed E-state index contributed by atoms with van der Waals surface area (Å²) in [7, 11) is 0. The Bertz CT molecular complexity index is 308. The molecule has 0 aromatic carbocycles.